The summed E-state index contributed by atoms with van der Waals surface area (Å²) in [7, 11) is 0. The van der Waals surface area contributed by atoms with E-state index in [0.29, 0.717) is 17.8 Å². The van der Waals surface area contributed by atoms with Crippen LogP contribution in [0.25, 0.3) is 6.08 Å². The molecule has 27 heavy (non-hydrogen) atoms. The maximum Gasteiger partial charge on any atom is 0.250 e. The lowest BCUT2D eigenvalue weighted by molar-refractivity contribution is -0.129. The zero-order chi connectivity index (χ0) is 19.2. The van der Waals surface area contributed by atoms with Gasteiger partial charge in [0.2, 0.25) is 5.91 Å². The van der Waals surface area contributed by atoms with Gasteiger partial charge in [-0.25, -0.2) is 0 Å². The maximum atomic E-state index is 13.2. The van der Waals surface area contributed by atoms with Gasteiger partial charge in [0.05, 0.1) is 5.60 Å². The number of hydrogen-bond acceptors (Lipinski definition) is 3. The molecule has 1 aromatic heterocycles. The fourth-order valence-electron chi connectivity index (χ4n) is 5.57. The van der Waals surface area contributed by atoms with E-state index in [0.717, 1.165) is 56.2 Å². The van der Waals surface area contributed by atoms with Crippen LogP contribution < -0.4 is 0 Å². The molecule has 4 rings (SSSR count). The van der Waals surface area contributed by atoms with E-state index in [1.165, 1.54) is 5.56 Å². The average molecular weight is 369 g/mol. The van der Waals surface area contributed by atoms with Crippen LogP contribution in [0.3, 0.4) is 0 Å². The SMILES string of the molecule is CCC1CC([C@@H](C)N2CC3Cc4ccncc4C=C3C2=O)C[C@](O)(CC)C1. The normalized spacial score (nSPS) is 34.1. The van der Waals surface area contributed by atoms with Gasteiger partial charge in [0.15, 0.2) is 0 Å². The molecule has 1 saturated heterocycles. The van der Waals surface area contributed by atoms with Crippen LogP contribution in [0.1, 0.15) is 64.0 Å². The van der Waals surface area contributed by atoms with Crippen molar-refractivity contribution < 1.29 is 9.90 Å². The number of hydrogen-bond donors (Lipinski definition) is 1. The summed E-state index contributed by atoms with van der Waals surface area (Å²) in [5.74, 6) is 1.43. The number of carbonyl (C=O) groups excluding carboxylic acids is 1. The van der Waals surface area contributed by atoms with E-state index in [4.69, 9.17) is 0 Å². The molecule has 4 nitrogen and oxygen atoms in total. The first-order chi connectivity index (χ1) is 12.9. The monoisotopic (exact) mass is 368 g/mol. The van der Waals surface area contributed by atoms with Crippen molar-refractivity contribution in [2.45, 2.75) is 70.9 Å². The van der Waals surface area contributed by atoms with Gasteiger partial charge in [0, 0.05) is 36.5 Å². The molecule has 2 fully saturated rings. The summed E-state index contributed by atoms with van der Waals surface area (Å²) in [6, 6.07) is 2.26. The van der Waals surface area contributed by atoms with E-state index in [1.807, 2.05) is 12.4 Å². The second-order valence-electron chi connectivity index (χ2n) is 9.03. The first kappa shape index (κ1) is 18.7. The van der Waals surface area contributed by atoms with Crippen molar-refractivity contribution in [2.24, 2.45) is 17.8 Å². The van der Waals surface area contributed by atoms with Crippen LogP contribution in [0.2, 0.25) is 0 Å². The molecule has 1 aromatic rings. The average Bonchev–Trinajstić information content (AvgIpc) is 3.01. The van der Waals surface area contributed by atoms with E-state index >= 15 is 0 Å². The number of pyridine rings is 1. The maximum absolute atomic E-state index is 13.2. The summed E-state index contributed by atoms with van der Waals surface area (Å²) < 4.78 is 0. The number of fused-ring (bicyclic) bond motifs is 2. The van der Waals surface area contributed by atoms with Crippen LogP contribution in [-0.2, 0) is 11.2 Å². The zero-order valence-electron chi connectivity index (χ0n) is 16.8. The standard InChI is InChI=1S/C23H32N2O2/c1-4-16-8-18(12-23(27,5-2)11-16)15(3)25-14-20-9-17-6-7-24-13-19(17)10-21(20)22(25)26/h6-7,10,13,15-16,18,20,27H,4-5,8-9,11-12,14H2,1-3H3/t15-,16?,18?,20?,23+/m1/s1. The Labute approximate surface area is 162 Å². The van der Waals surface area contributed by atoms with Crippen LogP contribution in [-0.4, -0.2) is 39.1 Å². The Kier molecular flexibility index (Phi) is 4.87. The molecule has 0 spiro atoms. The van der Waals surface area contributed by atoms with Crippen molar-refractivity contribution in [1.29, 1.82) is 0 Å². The molecule has 146 valence electrons. The van der Waals surface area contributed by atoms with E-state index in [9.17, 15) is 9.90 Å². The van der Waals surface area contributed by atoms with Gasteiger partial charge >= 0.3 is 0 Å². The highest BCUT2D eigenvalue weighted by atomic mass is 16.3. The lowest BCUT2D eigenvalue weighted by Gasteiger charge is -2.44. The second-order valence-corrected chi connectivity index (χ2v) is 9.03. The molecular formula is C23H32N2O2. The van der Waals surface area contributed by atoms with Crippen LogP contribution in [0.15, 0.2) is 24.0 Å². The van der Waals surface area contributed by atoms with Crippen molar-refractivity contribution in [3.8, 4) is 0 Å². The summed E-state index contributed by atoms with van der Waals surface area (Å²) in [6.45, 7) is 7.32. The molecule has 3 aliphatic rings. The molecule has 0 radical (unpaired) electrons. The van der Waals surface area contributed by atoms with Crippen LogP contribution >= 0.6 is 0 Å². The van der Waals surface area contributed by atoms with Crippen molar-refractivity contribution >= 4 is 12.0 Å². The van der Waals surface area contributed by atoms with Gasteiger partial charge in [-0.2, -0.15) is 0 Å². The van der Waals surface area contributed by atoms with Gasteiger partial charge in [0.25, 0.3) is 0 Å². The predicted molar refractivity (Wildman–Crippen MR) is 107 cm³/mol. The van der Waals surface area contributed by atoms with Gasteiger partial charge in [0.1, 0.15) is 0 Å². The first-order valence-corrected chi connectivity index (χ1v) is 10.6. The third kappa shape index (κ3) is 3.33. The quantitative estimate of drug-likeness (QED) is 0.879. The third-order valence-electron chi connectivity index (χ3n) is 7.44. The Hall–Kier alpha value is -1.68. The smallest absolute Gasteiger partial charge is 0.250 e. The van der Waals surface area contributed by atoms with Crippen LogP contribution in [0, 0.1) is 17.8 Å². The van der Waals surface area contributed by atoms with Crippen molar-refractivity contribution in [3.05, 3.63) is 35.2 Å². The highest BCUT2D eigenvalue weighted by Crippen LogP contribution is 2.44. The molecule has 1 N–H and O–H groups in total. The molecular weight excluding hydrogens is 336 g/mol. The van der Waals surface area contributed by atoms with Crippen molar-refractivity contribution in [3.63, 3.8) is 0 Å². The number of carbonyl (C=O) groups is 1. The Morgan fingerprint density at radius 2 is 2.19 bits per heavy atom. The molecule has 1 saturated carbocycles. The molecule has 2 aliphatic carbocycles. The molecule has 0 bridgehead atoms. The number of likely N-dealkylation sites (tertiary alicyclic amines) is 1. The fourth-order valence-corrected chi connectivity index (χ4v) is 5.57. The summed E-state index contributed by atoms with van der Waals surface area (Å²) >= 11 is 0. The first-order valence-electron chi connectivity index (χ1n) is 10.6. The highest BCUT2D eigenvalue weighted by Gasteiger charge is 2.45. The number of amides is 1. The Balaban J connectivity index is 1.54. The van der Waals surface area contributed by atoms with Gasteiger partial charge in [-0.3, -0.25) is 9.78 Å². The minimum atomic E-state index is -0.561. The largest absolute Gasteiger partial charge is 0.390 e. The van der Waals surface area contributed by atoms with Crippen molar-refractivity contribution in [2.75, 3.05) is 6.54 Å². The molecule has 2 heterocycles. The van der Waals surface area contributed by atoms with Gasteiger partial charge < -0.3 is 10.0 Å². The van der Waals surface area contributed by atoms with Crippen LogP contribution in [0.5, 0.6) is 0 Å². The van der Waals surface area contributed by atoms with E-state index in [1.54, 1.807) is 0 Å². The topological polar surface area (TPSA) is 53.4 Å². The van der Waals surface area contributed by atoms with Gasteiger partial charge in [-0.15, -0.1) is 0 Å². The molecule has 3 unspecified atom stereocenters. The van der Waals surface area contributed by atoms with E-state index in [-0.39, 0.29) is 11.9 Å². The summed E-state index contributed by atoms with van der Waals surface area (Å²) in [5, 5.41) is 11.0. The fraction of sp³-hybridized carbons (Fsp3) is 0.652. The molecule has 0 aromatic carbocycles. The summed E-state index contributed by atoms with van der Waals surface area (Å²) in [4.78, 5) is 19.5. The van der Waals surface area contributed by atoms with E-state index < -0.39 is 5.60 Å². The lowest BCUT2D eigenvalue weighted by atomic mass is 9.68. The summed E-state index contributed by atoms with van der Waals surface area (Å²) in [6.07, 6.45) is 11.5. The minimum absolute atomic E-state index is 0.178. The van der Waals surface area contributed by atoms with E-state index in [2.05, 4.69) is 42.8 Å². The number of aliphatic hydroxyl groups is 1. The molecule has 1 amide bonds. The number of rotatable bonds is 4. The third-order valence-corrected chi connectivity index (χ3v) is 7.44. The number of nitrogens with zero attached hydrogens (tertiary/aromatic N) is 2. The molecule has 1 aliphatic heterocycles. The molecule has 5 atom stereocenters. The predicted octanol–water partition coefficient (Wildman–Crippen LogP) is 3.84. The van der Waals surface area contributed by atoms with Crippen molar-refractivity contribution in [1.82, 2.24) is 9.88 Å². The highest BCUT2D eigenvalue weighted by molar-refractivity contribution is 6.01. The lowest BCUT2D eigenvalue weighted by Crippen LogP contribution is -2.47. The summed E-state index contributed by atoms with van der Waals surface area (Å²) in [5.41, 5.74) is 2.78. The Morgan fingerprint density at radius 1 is 1.37 bits per heavy atom. The zero-order valence-corrected chi connectivity index (χ0v) is 16.8. The van der Waals surface area contributed by atoms with Gasteiger partial charge in [-0.05, 0) is 74.1 Å². The molecule has 4 heteroatoms. The Bertz CT molecular complexity index is 759. The minimum Gasteiger partial charge on any atom is -0.390 e. The van der Waals surface area contributed by atoms with Crippen LogP contribution in [0.4, 0.5) is 0 Å². The Morgan fingerprint density at radius 3 is 2.93 bits per heavy atom. The second kappa shape index (κ2) is 7.05. The number of aromatic nitrogens is 1. The van der Waals surface area contributed by atoms with Gasteiger partial charge in [-0.1, -0.05) is 20.3 Å².